The van der Waals surface area contributed by atoms with Gasteiger partial charge in [-0.15, -0.1) is 0 Å². The first-order valence-electron chi connectivity index (χ1n) is 8.49. The number of rotatable bonds is 5. The third-order valence-corrected chi connectivity index (χ3v) is 4.36. The minimum atomic E-state index is -0.598. The highest BCUT2D eigenvalue weighted by molar-refractivity contribution is 5.70. The van der Waals surface area contributed by atoms with Gasteiger partial charge in [0.1, 0.15) is 17.5 Å². The minimum absolute atomic E-state index is 0.0922. The van der Waals surface area contributed by atoms with Gasteiger partial charge in [0, 0.05) is 5.56 Å². The molecule has 3 aromatic rings. The normalized spacial score (nSPS) is 12.5. The van der Waals surface area contributed by atoms with Gasteiger partial charge in [0.05, 0.1) is 0 Å². The minimum Gasteiger partial charge on any atom is -0.207 e. The van der Waals surface area contributed by atoms with Gasteiger partial charge < -0.3 is 0 Å². The van der Waals surface area contributed by atoms with E-state index in [2.05, 4.69) is 0 Å². The largest absolute Gasteiger partial charge is 0.207 e. The number of halogens is 3. The van der Waals surface area contributed by atoms with Gasteiger partial charge in [0.25, 0.3) is 0 Å². The van der Waals surface area contributed by atoms with Crippen LogP contribution < -0.4 is 0 Å². The van der Waals surface area contributed by atoms with Crippen molar-refractivity contribution in [3.63, 3.8) is 0 Å². The molecule has 0 spiro atoms. The summed E-state index contributed by atoms with van der Waals surface area (Å²) in [6.07, 6.45) is 3.50. The Hall–Kier alpha value is -2.81. The Morgan fingerprint density at radius 2 is 1.42 bits per heavy atom. The first-order valence-corrected chi connectivity index (χ1v) is 8.49. The predicted molar refractivity (Wildman–Crippen MR) is 100 cm³/mol. The lowest BCUT2D eigenvalue weighted by atomic mass is 9.93. The lowest BCUT2D eigenvalue weighted by Gasteiger charge is -2.13. The topological polar surface area (TPSA) is 0 Å². The Kier molecular flexibility index (Phi) is 5.57. The van der Waals surface area contributed by atoms with Crippen molar-refractivity contribution >= 4 is 12.2 Å². The van der Waals surface area contributed by atoms with Crippen LogP contribution in [0, 0.1) is 17.5 Å². The first-order chi connectivity index (χ1) is 12.5. The van der Waals surface area contributed by atoms with Gasteiger partial charge >= 0.3 is 0 Å². The fourth-order valence-corrected chi connectivity index (χ4v) is 2.92. The van der Waals surface area contributed by atoms with E-state index in [0.29, 0.717) is 17.5 Å². The SMILES string of the molecule is C[C@@H](Cc1cc(F)c(C=Cc2ccc(F)cc2)c(F)c1)c1ccccc1. The zero-order valence-corrected chi connectivity index (χ0v) is 14.4. The highest BCUT2D eigenvalue weighted by atomic mass is 19.1. The van der Waals surface area contributed by atoms with Crippen molar-refractivity contribution in [1.29, 1.82) is 0 Å². The molecule has 3 aromatic carbocycles. The highest BCUT2D eigenvalue weighted by Crippen LogP contribution is 2.24. The molecular weight excluding hydrogens is 333 g/mol. The molecule has 26 heavy (non-hydrogen) atoms. The molecule has 0 saturated heterocycles. The van der Waals surface area contributed by atoms with E-state index < -0.39 is 11.6 Å². The van der Waals surface area contributed by atoms with E-state index >= 15 is 0 Å². The van der Waals surface area contributed by atoms with Gasteiger partial charge in [-0.05, 0) is 59.4 Å². The highest BCUT2D eigenvalue weighted by Gasteiger charge is 2.12. The summed E-state index contributed by atoms with van der Waals surface area (Å²) >= 11 is 0. The first kappa shape index (κ1) is 18.0. The molecular formula is C23H19F3. The summed E-state index contributed by atoms with van der Waals surface area (Å²) in [5.74, 6) is -1.38. The second-order valence-electron chi connectivity index (χ2n) is 6.37. The van der Waals surface area contributed by atoms with Gasteiger partial charge in [0.15, 0.2) is 0 Å². The van der Waals surface area contributed by atoms with Crippen LogP contribution >= 0.6 is 0 Å². The Morgan fingerprint density at radius 3 is 2.04 bits per heavy atom. The molecule has 132 valence electrons. The molecule has 0 bridgehead atoms. The van der Waals surface area contributed by atoms with Crippen molar-refractivity contribution in [3.05, 3.63) is 106 Å². The average molecular weight is 352 g/mol. The summed E-state index contributed by atoms with van der Waals surface area (Å²) in [4.78, 5) is 0. The molecule has 0 nitrogen and oxygen atoms in total. The Bertz CT molecular complexity index is 873. The smallest absolute Gasteiger partial charge is 0.133 e. The molecule has 1 atom stereocenters. The Balaban J connectivity index is 1.78. The van der Waals surface area contributed by atoms with Crippen molar-refractivity contribution in [2.75, 3.05) is 0 Å². The fraction of sp³-hybridized carbons (Fsp3) is 0.130. The van der Waals surface area contributed by atoms with Crippen LogP contribution in [-0.2, 0) is 6.42 Å². The molecule has 0 amide bonds. The molecule has 0 N–H and O–H groups in total. The molecule has 3 rings (SSSR count). The molecule has 0 aromatic heterocycles. The molecule has 0 radical (unpaired) electrons. The summed E-state index contributed by atoms with van der Waals surface area (Å²) < 4.78 is 41.7. The van der Waals surface area contributed by atoms with Crippen molar-refractivity contribution in [3.8, 4) is 0 Å². The second-order valence-corrected chi connectivity index (χ2v) is 6.37. The van der Waals surface area contributed by atoms with Gasteiger partial charge in [0.2, 0.25) is 0 Å². The number of hydrogen-bond donors (Lipinski definition) is 0. The van der Waals surface area contributed by atoms with Gasteiger partial charge in [-0.3, -0.25) is 0 Å². The van der Waals surface area contributed by atoms with E-state index in [1.807, 2.05) is 37.3 Å². The number of benzene rings is 3. The third kappa shape index (κ3) is 4.42. The molecule has 0 saturated carbocycles. The van der Waals surface area contributed by atoms with Crippen molar-refractivity contribution < 1.29 is 13.2 Å². The summed E-state index contributed by atoms with van der Waals surface area (Å²) in [6.45, 7) is 2.04. The Morgan fingerprint density at radius 1 is 0.808 bits per heavy atom. The van der Waals surface area contributed by atoms with E-state index in [4.69, 9.17) is 0 Å². The number of hydrogen-bond acceptors (Lipinski definition) is 0. The van der Waals surface area contributed by atoms with Crippen molar-refractivity contribution in [1.82, 2.24) is 0 Å². The average Bonchev–Trinajstić information content (AvgIpc) is 2.63. The maximum atomic E-state index is 14.4. The monoisotopic (exact) mass is 352 g/mol. The van der Waals surface area contributed by atoms with E-state index in [9.17, 15) is 13.2 Å². The van der Waals surface area contributed by atoms with Crippen LogP contribution in [0.25, 0.3) is 12.2 Å². The van der Waals surface area contributed by atoms with E-state index in [-0.39, 0.29) is 17.3 Å². The van der Waals surface area contributed by atoms with Crippen LogP contribution in [0.1, 0.15) is 35.1 Å². The van der Waals surface area contributed by atoms with E-state index in [1.165, 1.54) is 30.3 Å². The predicted octanol–water partition coefficient (Wildman–Crippen LogP) is 6.62. The zero-order chi connectivity index (χ0) is 18.5. The standard InChI is InChI=1S/C23H19F3/c1-16(19-5-3-2-4-6-19)13-18-14-22(25)21(23(26)15-18)12-9-17-7-10-20(24)11-8-17/h2-12,14-16H,13H2,1H3/t16-/m0/s1. The zero-order valence-electron chi connectivity index (χ0n) is 14.4. The van der Waals surface area contributed by atoms with Crippen LogP contribution in [0.15, 0.2) is 66.7 Å². The van der Waals surface area contributed by atoms with Crippen LogP contribution in [0.3, 0.4) is 0 Å². The van der Waals surface area contributed by atoms with E-state index in [0.717, 1.165) is 5.56 Å². The van der Waals surface area contributed by atoms with Crippen LogP contribution in [-0.4, -0.2) is 0 Å². The molecule has 0 aliphatic heterocycles. The maximum Gasteiger partial charge on any atom is 0.133 e. The summed E-state index contributed by atoms with van der Waals surface area (Å²) in [5.41, 5.74) is 2.33. The second kappa shape index (κ2) is 8.05. The van der Waals surface area contributed by atoms with Crippen LogP contribution in [0.4, 0.5) is 13.2 Å². The van der Waals surface area contributed by atoms with Gasteiger partial charge in [-0.25, -0.2) is 13.2 Å². The molecule has 0 aliphatic carbocycles. The maximum absolute atomic E-state index is 14.4. The molecule has 0 heterocycles. The Labute approximate surface area is 151 Å². The fourth-order valence-electron chi connectivity index (χ4n) is 2.92. The third-order valence-electron chi connectivity index (χ3n) is 4.36. The quantitative estimate of drug-likeness (QED) is 0.453. The summed E-state index contributed by atoms with van der Waals surface area (Å²) in [5, 5.41) is 0. The van der Waals surface area contributed by atoms with E-state index in [1.54, 1.807) is 18.2 Å². The van der Waals surface area contributed by atoms with Crippen molar-refractivity contribution in [2.45, 2.75) is 19.3 Å². The summed E-state index contributed by atoms with van der Waals surface area (Å²) in [6, 6.07) is 18.4. The van der Waals surface area contributed by atoms with Crippen molar-refractivity contribution in [2.24, 2.45) is 0 Å². The molecule has 0 aliphatic rings. The summed E-state index contributed by atoms with van der Waals surface area (Å²) in [7, 11) is 0. The lowest BCUT2D eigenvalue weighted by molar-refractivity contribution is 0.573. The van der Waals surface area contributed by atoms with Crippen LogP contribution in [0.5, 0.6) is 0 Å². The lowest BCUT2D eigenvalue weighted by Crippen LogP contribution is -2.01. The van der Waals surface area contributed by atoms with Crippen LogP contribution in [0.2, 0.25) is 0 Å². The molecule has 0 unspecified atom stereocenters. The van der Waals surface area contributed by atoms with Gasteiger partial charge in [-0.2, -0.15) is 0 Å². The molecule has 3 heteroatoms. The van der Waals surface area contributed by atoms with Gasteiger partial charge in [-0.1, -0.05) is 55.5 Å². The molecule has 0 fully saturated rings.